The fraction of sp³-hybridized carbons (Fsp3) is 0. The van der Waals surface area contributed by atoms with Gasteiger partial charge in [-0.05, 0) is 12.1 Å². The SMILES string of the molecule is [Cl-].[Cl-].[O-][n+]1ccccc1SSc1cccc[n+]1[O-].[Zn+2]. The molecule has 0 aromatic carbocycles. The van der Waals surface area contributed by atoms with Crippen LogP contribution < -0.4 is 34.3 Å². The molecule has 0 bridgehead atoms. The van der Waals surface area contributed by atoms with Crippen LogP contribution in [0.4, 0.5) is 0 Å². The van der Waals surface area contributed by atoms with E-state index in [-0.39, 0.29) is 44.3 Å². The minimum atomic E-state index is 0. The molecule has 2 heterocycles. The predicted molar refractivity (Wildman–Crippen MR) is 62.5 cm³/mol. The number of rotatable bonds is 3. The molecule has 0 fully saturated rings. The number of hydrogen-bond donors (Lipinski definition) is 0. The molecule has 98 valence electrons. The Kier molecular flexibility index (Phi) is 11.7. The van der Waals surface area contributed by atoms with Crippen LogP contribution >= 0.6 is 21.6 Å². The molecule has 0 saturated heterocycles. The van der Waals surface area contributed by atoms with E-state index in [1.165, 1.54) is 34.0 Å². The van der Waals surface area contributed by atoms with Gasteiger partial charge in [0.25, 0.3) is 10.1 Å². The Bertz CT molecular complexity index is 463. The van der Waals surface area contributed by atoms with Crippen LogP contribution in [-0.4, -0.2) is 0 Å². The van der Waals surface area contributed by atoms with E-state index in [0.717, 1.165) is 9.46 Å². The van der Waals surface area contributed by atoms with Gasteiger partial charge in [-0.15, -0.1) is 0 Å². The third-order valence-electron chi connectivity index (χ3n) is 1.79. The molecule has 2 rings (SSSR count). The van der Waals surface area contributed by atoms with Gasteiger partial charge >= 0.3 is 19.5 Å². The Morgan fingerprint density at radius 2 is 1.11 bits per heavy atom. The Hall–Kier alpha value is -0.197. The summed E-state index contributed by atoms with van der Waals surface area (Å²) < 4.78 is 1.55. The van der Waals surface area contributed by atoms with Crippen LogP contribution in [0.5, 0.6) is 0 Å². The number of aromatic nitrogens is 2. The van der Waals surface area contributed by atoms with Crippen LogP contribution in [0, 0.1) is 10.4 Å². The second kappa shape index (κ2) is 10.6. The van der Waals surface area contributed by atoms with Gasteiger partial charge in [0.2, 0.25) is 0 Å². The first kappa shape index (κ1) is 21.1. The maximum Gasteiger partial charge on any atom is 2.00 e. The molecule has 2 aromatic heterocycles. The zero-order valence-corrected chi connectivity index (χ0v) is 15.7. The molecule has 19 heavy (non-hydrogen) atoms. The molecule has 9 heteroatoms. The van der Waals surface area contributed by atoms with Crippen LogP contribution in [0.3, 0.4) is 0 Å². The molecule has 0 N–H and O–H groups in total. The van der Waals surface area contributed by atoms with E-state index in [0.29, 0.717) is 10.1 Å². The molecular weight excluding hydrogens is 381 g/mol. The maximum absolute atomic E-state index is 11.3. The Morgan fingerprint density at radius 3 is 1.42 bits per heavy atom. The average molecular weight is 389 g/mol. The Morgan fingerprint density at radius 1 is 0.737 bits per heavy atom. The van der Waals surface area contributed by atoms with E-state index in [1.54, 1.807) is 36.4 Å². The predicted octanol–water partition coefficient (Wildman–Crippen LogP) is -4.24. The van der Waals surface area contributed by atoms with Crippen LogP contribution in [-0.2, 0) is 19.5 Å². The molecule has 0 unspecified atom stereocenters. The van der Waals surface area contributed by atoms with E-state index in [9.17, 15) is 10.4 Å². The summed E-state index contributed by atoms with van der Waals surface area (Å²) in [7, 11) is 2.52. The van der Waals surface area contributed by atoms with Crippen molar-refractivity contribution < 1.29 is 53.8 Å². The molecule has 0 aliphatic rings. The van der Waals surface area contributed by atoms with Crippen molar-refractivity contribution in [1.82, 2.24) is 0 Å². The standard InChI is InChI=1S/C10H8N2O2S2.2ClH.Zn/c13-11-7-3-1-5-9(11)15-16-10-6-2-4-8-12(10)14;;;/h1-8H;2*1H;/q;;;+2/p-2. The Labute approximate surface area is 144 Å². The number of nitrogens with zero attached hydrogens (tertiary/aromatic N) is 2. The summed E-state index contributed by atoms with van der Waals surface area (Å²) in [6, 6.07) is 10.3. The van der Waals surface area contributed by atoms with Gasteiger partial charge in [0.15, 0.2) is 12.4 Å². The largest absolute Gasteiger partial charge is 2.00 e. The van der Waals surface area contributed by atoms with Crippen LogP contribution in [0.1, 0.15) is 0 Å². The second-order valence-corrected chi connectivity index (χ2v) is 5.07. The summed E-state index contributed by atoms with van der Waals surface area (Å²) in [6.07, 6.45) is 2.86. The molecule has 0 aliphatic heterocycles. The fourth-order valence-corrected chi connectivity index (χ4v) is 3.03. The summed E-state index contributed by atoms with van der Waals surface area (Å²) in [5.74, 6) is 0. The van der Waals surface area contributed by atoms with Gasteiger partial charge < -0.3 is 35.2 Å². The van der Waals surface area contributed by atoms with Gasteiger partial charge in [0.1, 0.15) is 0 Å². The van der Waals surface area contributed by atoms with Gasteiger partial charge in [-0.3, -0.25) is 0 Å². The van der Waals surface area contributed by atoms with E-state index < -0.39 is 0 Å². The van der Waals surface area contributed by atoms with Crippen molar-refractivity contribution >= 4 is 21.6 Å². The minimum absolute atomic E-state index is 0. The quantitative estimate of drug-likeness (QED) is 0.231. The molecule has 0 aliphatic carbocycles. The molecule has 0 saturated carbocycles. The van der Waals surface area contributed by atoms with Crippen molar-refractivity contribution in [2.75, 3.05) is 0 Å². The summed E-state index contributed by atoms with van der Waals surface area (Å²) >= 11 is 0. The molecule has 0 spiro atoms. The third-order valence-corrected chi connectivity index (χ3v) is 4.12. The number of hydrogen-bond acceptors (Lipinski definition) is 4. The zero-order valence-electron chi connectivity index (χ0n) is 9.61. The smallest absolute Gasteiger partial charge is 1.00 e. The van der Waals surface area contributed by atoms with Crippen molar-refractivity contribution in [3.05, 3.63) is 59.2 Å². The van der Waals surface area contributed by atoms with Gasteiger partial charge in [-0.25, -0.2) is 0 Å². The molecule has 4 nitrogen and oxygen atoms in total. The van der Waals surface area contributed by atoms with E-state index in [1.807, 2.05) is 0 Å². The van der Waals surface area contributed by atoms with Crippen molar-refractivity contribution in [2.24, 2.45) is 0 Å². The molecule has 2 aromatic rings. The topological polar surface area (TPSA) is 53.9 Å². The maximum atomic E-state index is 11.3. The van der Waals surface area contributed by atoms with Gasteiger partial charge in [0, 0.05) is 45.9 Å². The van der Waals surface area contributed by atoms with Crippen molar-refractivity contribution in [3.63, 3.8) is 0 Å². The van der Waals surface area contributed by atoms with Crippen molar-refractivity contribution in [2.45, 2.75) is 10.1 Å². The number of pyridine rings is 2. The van der Waals surface area contributed by atoms with Crippen molar-refractivity contribution in [3.8, 4) is 0 Å². The van der Waals surface area contributed by atoms with Gasteiger partial charge in [-0.1, -0.05) is 0 Å². The summed E-state index contributed by atoms with van der Waals surface area (Å²) in [4.78, 5) is 0. The molecular formula is C10H8Cl2N2O2S2Zn. The zero-order chi connectivity index (χ0) is 11.4. The summed E-state index contributed by atoms with van der Waals surface area (Å²) in [5.41, 5.74) is 0. The number of halogens is 2. The summed E-state index contributed by atoms with van der Waals surface area (Å²) in [5, 5.41) is 23.8. The Balaban J connectivity index is 0. The van der Waals surface area contributed by atoms with Gasteiger partial charge in [0.05, 0.1) is 0 Å². The normalized spacial score (nSPS) is 8.63. The van der Waals surface area contributed by atoms with Crippen LogP contribution in [0.15, 0.2) is 58.8 Å². The molecule has 0 atom stereocenters. The molecule has 0 radical (unpaired) electrons. The first-order valence-corrected chi connectivity index (χ1v) is 6.63. The first-order chi connectivity index (χ1) is 7.77. The minimum Gasteiger partial charge on any atom is -1.00 e. The van der Waals surface area contributed by atoms with E-state index in [4.69, 9.17) is 0 Å². The van der Waals surface area contributed by atoms with Crippen LogP contribution in [0.25, 0.3) is 0 Å². The van der Waals surface area contributed by atoms with E-state index in [2.05, 4.69) is 0 Å². The monoisotopic (exact) mass is 386 g/mol. The fourth-order valence-electron chi connectivity index (χ4n) is 1.04. The second-order valence-electron chi connectivity index (χ2n) is 2.90. The first-order valence-electron chi connectivity index (χ1n) is 4.48. The van der Waals surface area contributed by atoms with Crippen molar-refractivity contribution in [1.29, 1.82) is 0 Å². The van der Waals surface area contributed by atoms with E-state index >= 15 is 0 Å². The molecule has 0 amide bonds. The van der Waals surface area contributed by atoms with Gasteiger partial charge in [-0.2, -0.15) is 9.46 Å². The summed E-state index contributed by atoms with van der Waals surface area (Å²) in [6.45, 7) is 0. The third kappa shape index (κ3) is 6.19. The van der Waals surface area contributed by atoms with Crippen LogP contribution in [0.2, 0.25) is 0 Å². The average Bonchev–Trinajstić information content (AvgIpc) is 2.30.